The van der Waals surface area contributed by atoms with Crippen molar-refractivity contribution >= 4 is 17.2 Å². The van der Waals surface area contributed by atoms with Crippen molar-refractivity contribution in [3.05, 3.63) is 22.4 Å². The molecule has 2 fully saturated rings. The number of morpholine rings is 1. The SMILES string of the molecule is O=C(NCC1CCCN(Cc2cccs2)C1)C1CNCCO1. The number of piperidine rings is 1. The molecule has 1 aromatic rings. The molecule has 5 nitrogen and oxygen atoms in total. The average Bonchev–Trinajstić information content (AvgIpc) is 3.07. The summed E-state index contributed by atoms with van der Waals surface area (Å²) >= 11 is 1.82. The molecule has 1 aromatic heterocycles. The van der Waals surface area contributed by atoms with E-state index in [1.54, 1.807) is 0 Å². The third kappa shape index (κ3) is 4.52. The second-order valence-electron chi connectivity index (χ2n) is 6.13. The third-order valence-corrected chi connectivity index (χ3v) is 5.21. The summed E-state index contributed by atoms with van der Waals surface area (Å²) in [6.45, 7) is 6.12. The minimum Gasteiger partial charge on any atom is -0.366 e. The van der Waals surface area contributed by atoms with Crippen LogP contribution in [-0.2, 0) is 16.1 Å². The summed E-state index contributed by atoms with van der Waals surface area (Å²) < 4.78 is 5.49. The molecule has 2 N–H and O–H groups in total. The molecular weight excluding hydrogens is 298 g/mol. The van der Waals surface area contributed by atoms with Crippen molar-refractivity contribution in [2.24, 2.45) is 5.92 Å². The zero-order valence-corrected chi connectivity index (χ0v) is 13.7. The van der Waals surface area contributed by atoms with Gasteiger partial charge in [-0.2, -0.15) is 0 Å². The van der Waals surface area contributed by atoms with Crippen LogP contribution in [0.5, 0.6) is 0 Å². The molecule has 122 valence electrons. The number of ether oxygens (including phenoxy) is 1. The number of thiophene rings is 1. The number of nitrogens with zero attached hydrogens (tertiary/aromatic N) is 1. The largest absolute Gasteiger partial charge is 0.366 e. The predicted molar refractivity (Wildman–Crippen MR) is 87.9 cm³/mol. The lowest BCUT2D eigenvalue weighted by Crippen LogP contribution is -2.49. The summed E-state index contributed by atoms with van der Waals surface area (Å²) in [5, 5.41) is 8.40. The van der Waals surface area contributed by atoms with Gasteiger partial charge >= 0.3 is 0 Å². The summed E-state index contributed by atoms with van der Waals surface area (Å²) in [6, 6.07) is 4.31. The first-order valence-corrected chi connectivity index (χ1v) is 9.04. The topological polar surface area (TPSA) is 53.6 Å². The Labute approximate surface area is 136 Å². The van der Waals surface area contributed by atoms with Crippen LogP contribution >= 0.6 is 11.3 Å². The minimum atomic E-state index is -0.320. The van der Waals surface area contributed by atoms with Gasteiger partial charge in [-0.1, -0.05) is 6.07 Å². The highest BCUT2D eigenvalue weighted by molar-refractivity contribution is 7.09. The molecule has 3 rings (SSSR count). The van der Waals surface area contributed by atoms with Gasteiger partial charge in [-0.25, -0.2) is 0 Å². The van der Waals surface area contributed by atoms with Crippen LogP contribution in [0.3, 0.4) is 0 Å². The van der Waals surface area contributed by atoms with Gasteiger partial charge in [0.2, 0.25) is 5.91 Å². The normalized spacial score (nSPS) is 26.7. The smallest absolute Gasteiger partial charge is 0.250 e. The number of nitrogens with one attached hydrogen (secondary N) is 2. The van der Waals surface area contributed by atoms with E-state index in [2.05, 4.69) is 33.0 Å². The van der Waals surface area contributed by atoms with Gasteiger partial charge in [-0.15, -0.1) is 11.3 Å². The van der Waals surface area contributed by atoms with Crippen LogP contribution in [0.2, 0.25) is 0 Å². The van der Waals surface area contributed by atoms with E-state index in [9.17, 15) is 4.79 Å². The molecule has 2 aliphatic rings. The van der Waals surface area contributed by atoms with Crippen molar-refractivity contribution in [2.75, 3.05) is 39.3 Å². The molecule has 0 aromatic carbocycles. The molecule has 3 heterocycles. The molecule has 0 spiro atoms. The van der Waals surface area contributed by atoms with Crippen molar-refractivity contribution in [3.63, 3.8) is 0 Å². The summed E-state index contributed by atoms with van der Waals surface area (Å²) in [4.78, 5) is 16.0. The Morgan fingerprint density at radius 2 is 2.50 bits per heavy atom. The van der Waals surface area contributed by atoms with Crippen molar-refractivity contribution in [1.29, 1.82) is 0 Å². The zero-order chi connectivity index (χ0) is 15.2. The van der Waals surface area contributed by atoms with E-state index in [0.29, 0.717) is 19.1 Å². The molecule has 2 atom stereocenters. The monoisotopic (exact) mass is 323 g/mol. The summed E-state index contributed by atoms with van der Waals surface area (Å²) in [5.41, 5.74) is 0. The van der Waals surface area contributed by atoms with Gasteiger partial charge in [0.05, 0.1) is 6.61 Å². The Morgan fingerprint density at radius 1 is 1.55 bits per heavy atom. The Kier molecular flexibility index (Phi) is 5.83. The molecule has 0 bridgehead atoms. The van der Waals surface area contributed by atoms with Crippen LogP contribution in [0.25, 0.3) is 0 Å². The lowest BCUT2D eigenvalue weighted by atomic mass is 9.98. The average molecular weight is 323 g/mol. The first-order valence-electron chi connectivity index (χ1n) is 8.16. The lowest BCUT2D eigenvalue weighted by molar-refractivity contribution is -0.134. The van der Waals surface area contributed by atoms with Crippen LogP contribution in [-0.4, -0.2) is 56.2 Å². The molecule has 6 heteroatoms. The summed E-state index contributed by atoms with van der Waals surface area (Å²) in [5.74, 6) is 0.580. The summed E-state index contributed by atoms with van der Waals surface area (Å²) in [7, 11) is 0. The van der Waals surface area contributed by atoms with Crippen LogP contribution in [0.15, 0.2) is 17.5 Å². The zero-order valence-electron chi connectivity index (χ0n) is 12.9. The predicted octanol–water partition coefficient (Wildman–Crippen LogP) is 1.06. The highest BCUT2D eigenvalue weighted by atomic mass is 32.1. The Balaban J connectivity index is 1.41. The summed E-state index contributed by atoms with van der Waals surface area (Å²) in [6.07, 6.45) is 2.10. The van der Waals surface area contributed by atoms with Gasteiger partial charge in [0, 0.05) is 37.6 Å². The fourth-order valence-corrected chi connectivity index (χ4v) is 3.92. The number of hydrogen-bond donors (Lipinski definition) is 2. The highest BCUT2D eigenvalue weighted by Crippen LogP contribution is 2.20. The van der Waals surface area contributed by atoms with Crippen LogP contribution in [0, 0.1) is 5.92 Å². The molecule has 0 aliphatic carbocycles. The van der Waals surface area contributed by atoms with Crippen molar-refractivity contribution < 1.29 is 9.53 Å². The van der Waals surface area contributed by atoms with E-state index in [-0.39, 0.29) is 12.0 Å². The van der Waals surface area contributed by atoms with Gasteiger partial charge in [0.1, 0.15) is 6.10 Å². The van der Waals surface area contributed by atoms with E-state index >= 15 is 0 Å². The second-order valence-corrected chi connectivity index (χ2v) is 7.16. The maximum Gasteiger partial charge on any atom is 0.250 e. The maximum atomic E-state index is 12.1. The maximum absolute atomic E-state index is 12.1. The van der Waals surface area contributed by atoms with Crippen molar-refractivity contribution in [3.8, 4) is 0 Å². The van der Waals surface area contributed by atoms with Gasteiger partial charge in [-0.3, -0.25) is 9.69 Å². The van der Waals surface area contributed by atoms with Gasteiger partial charge in [-0.05, 0) is 36.8 Å². The molecular formula is C16H25N3O2S. The van der Waals surface area contributed by atoms with E-state index in [1.807, 2.05) is 11.3 Å². The van der Waals surface area contributed by atoms with Gasteiger partial charge < -0.3 is 15.4 Å². The number of carbonyl (C=O) groups is 1. The van der Waals surface area contributed by atoms with Crippen LogP contribution < -0.4 is 10.6 Å². The fraction of sp³-hybridized carbons (Fsp3) is 0.688. The Bertz CT molecular complexity index is 460. The third-order valence-electron chi connectivity index (χ3n) is 4.35. The van der Waals surface area contributed by atoms with Gasteiger partial charge in [0.15, 0.2) is 0 Å². The molecule has 0 saturated carbocycles. The highest BCUT2D eigenvalue weighted by Gasteiger charge is 2.24. The molecule has 1 amide bonds. The standard InChI is InChI=1S/C16H25N3O2S/c20-16(15-10-17-5-7-21-15)18-9-13-3-1-6-19(11-13)12-14-4-2-8-22-14/h2,4,8,13,15,17H,1,3,5-7,9-12H2,(H,18,20). The van der Waals surface area contributed by atoms with Crippen LogP contribution in [0.1, 0.15) is 17.7 Å². The molecule has 0 radical (unpaired) electrons. The number of rotatable bonds is 5. The van der Waals surface area contributed by atoms with Gasteiger partial charge in [0.25, 0.3) is 0 Å². The number of carbonyl (C=O) groups excluding carboxylic acids is 1. The van der Waals surface area contributed by atoms with E-state index in [0.717, 1.165) is 32.7 Å². The Morgan fingerprint density at radius 3 is 3.27 bits per heavy atom. The first-order chi connectivity index (χ1) is 10.8. The first kappa shape index (κ1) is 15.9. The fourth-order valence-electron chi connectivity index (χ4n) is 3.18. The van der Waals surface area contributed by atoms with E-state index < -0.39 is 0 Å². The van der Waals surface area contributed by atoms with E-state index in [4.69, 9.17) is 4.74 Å². The number of likely N-dealkylation sites (tertiary alicyclic amines) is 1. The van der Waals surface area contributed by atoms with Crippen LogP contribution in [0.4, 0.5) is 0 Å². The lowest BCUT2D eigenvalue weighted by Gasteiger charge is -2.33. The number of hydrogen-bond acceptors (Lipinski definition) is 5. The molecule has 22 heavy (non-hydrogen) atoms. The number of amides is 1. The van der Waals surface area contributed by atoms with Crippen molar-refractivity contribution in [2.45, 2.75) is 25.5 Å². The molecule has 2 unspecified atom stereocenters. The minimum absolute atomic E-state index is 0.0302. The second kappa shape index (κ2) is 8.06. The van der Waals surface area contributed by atoms with E-state index in [1.165, 1.54) is 17.7 Å². The van der Waals surface area contributed by atoms with Crippen molar-refractivity contribution in [1.82, 2.24) is 15.5 Å². The molecule has 2 saturated heterocycles. The Hall–Kier alpha value is -0.950. The quantitative estimate of drug-likeness (QED) is 0.851. The molecule has 2 aliphatic heterocycles.